The molecule has 80 valence electrons. The number of phenolic OH excluding ortho intramolecular Hbond substituents is 1. The van der Waals surface area contributed by atoms with Gasteiger partial charge in [0.05, 0.1) is 0 Å². The van der Waals surface area contributed by atoms with Gasteiger partial charge in [0.1, 0.15) is 5.75 Å². The van der Waals surface area contributed by atoms with Crippen molar-refractivity contribution in [2.45, 2.75) is 24.9 Å². The van der Waals surface area contributed by atoms with E-state index in [-0.39, 0.29) is 18.6 Å². The van der Waals surface area contributed by atoms with Crippen molar-refractivity contribution in [3.8, 4) is 5.75 Å². The molecule has 1 aliphatic rings. The fraction of sp³-hybridized carbons (Fsp3) is 0.364. The Morgan fingerprint density at radius 1 is 1.47 bits per heavy atom. The third-order valence-corrected chi connectivity index (χ3v) is 2.88. The van der Waals surface area contributed by atoms with Gasteiger partial charge in [0.2, 0.25) is 5.67 Å². The Bertz CT molecular complexity index is 416. The van der Waals surface area contributed by atoms with Crippen LogP contribution in [0.15, 0.2) is 18.2 Å². The molecule has 2 rings (SSSR count). The third kappa shape index (κ3) is 1.56. The number of fused-ring (bicyclic) bond motifs is 1. The van der Waals surface area contributed by atoms with E-state index in [2.05, 4.69) is 0 Å². The van der Waals surface area contributed by atoms with Crippen LogP contribution in [0.25, 0.3) is 0 Å². The Kier molecular flexibility index (Phi) is 2.14. The smallest absolute Gasteiger partial charge is 0.341 e. The second-order valence-corrected chi connectivity index (χ2v) is 3.86. The Morgan fingerprint density at radius 3 is 2.87 bits per heavy atom. The zero-order valence-electron chi connectivity index (χ0n) is 8.03. The highest BCUT2D eigenvalue weighted by Crippen LogP contribution is 2.36. The molecule has 0 spiro atoms. The number of carbonyl (C=O) groups is 1. The highest BCUT2D eigenvalue weighted by atomic mass is 19.1. The first-order valence-corrected chi connectivity index (χ1v) is 4.75. The Labute approximate surface area is 86.2 Å². The molecule has 1 atom stereocenters. The zero-order chi connectivity index (χ0) is 11.1. The second-order valence-electron chi connectivity index (χ2n) is 3.86. The fourth-order valence-corrected chi connectivity index (χ4v) is 1.94. The number of phenols is 1. The molecule has 0 saturated carbocycles. The van der Waals surface area contributed by atoms with Crippen molar-refractivity contribution >= 4 is 5.97 Å². The molecule has 1 aliphatic carbocycles. The molecule has 0 radical (unpaired) electrons. The van der Waals surface area contributed by atoms with Crippen molar-refractivity contribution in [2.75, 3.05) is 0 Å². The first kappa shape index (κ1) is 9.96. The number of halogens is 1. The number of carboxylic acid groups (broad SMARTS) is 1. The lowest BCUT2D eigenvalue weighted by molar-refractivity contribution is -0.151. The summed E-state index contributed by atoms with van der Waals surface area (Å²) in [4.78, 5) is 10.7. The van der Waals surface area contributed by atoms with Gasteiger partial charge >= 0.3 is 5.97 Å². The van der Waals surface area contributed by atoms with Crippen LogP contribution >= 0.6 is 0 Å². The van der Waals surface area contributed by atoms with E-state index in [0.717, 1.165) is 5.56 Å². The lowest BCUT2D eigenvalue weighted by Crippen LogP contribution is -2.39. The van der Waals surface area contributed by atoms with Crippen LogP contribution in [0.4, 0.5) is 4.39 Å². The van der Waals surface area contributed by atoms with Crippen molar-refractivity contribution in [3.63, 3.8) is 0 Å². The van der Waals surface area contributed by atoms with E-state index in [1.165, 1.54) is 6.07 Å². The summed E-state index contributed by atoms with van der Waals surface area (Å²) in [6.07, 6.45) is 0.0790. The summed E-state index contributed by atoms with van der Waals surface area (Å²) < 4.78 is 13.8. The number of aryl methyl sites for hydroxylation is 1. The molecular weight excluding hydrogens is 199 g/mol. The van der Waals surface area contributed by atoms with Gasteiger partial charge in [-0.25, -0.2) is 9.18 Å². The van der Waals surface area contributed by atoms with Crippen LogP contribution in [0.2, 0.25) is 0 Å². The van der Waals surface area contributed by atoms with Crippen molar-refractivity contribution in [1.29, 1.82) is 0 Å². The SMILES string of the molecule is O=C(O)C1(F)CCc2cccc(O)c2C1. The van der Waals surface area contributed by atoms with E-state index in [1.54, 1.807) is 12.1 Å². The van der Waals surface area contributed by atoms with Gasteiger partial charge in [0, 0.05) is 12.0 Å². The average Bonchev–Trinajstić information content (AvgIpc) is 2.19. The zero-order valence-corrected chi connectivity index (χ0v) is 8.03. The van der Waals surface area contributed by atoms with E-state index in [9.17, 15) is 14.3 Å². The van der Waals surface area contributed by atoms with Gasteiger partial charge in [0.15, 0.2) is 0 Å². The molecule has 1 aromatic carbocycles. The molecule has 0 heterocycles. The van der Waals surface area contributed by atoms with Crippen LogP contribution in [0.1, 0.15) is 17.5 Å². The summed E-state index contributed by atoms with van der Waals surface area (Å²) in [6, 6.07) is 4.92. The molecule has 0 amide bonds. The maximum Gasteiger partial charge on any atom is 0.341 e. The molecule has 15 heavy (non-hydrogen) atoms. The molecule has 3 nitrogen and oxygen atoms in total. The van der Waals surface area contributed by atoms with Crippen LogP contribution in [0, 0.1) is 0 Å². The van der Waals surface area contributed by atoms with E-state index >= 15 is 0 Å². The van der Waals surface area contributed by atoms with Gasteiger partial charge < -0.3 is 10.2 Å². The number of alkyl halides is 1. The monoisotopic (exact) mass is 210 g/mol. The van der Waals surface area contributed by atoms with Gasteiger partial charge in [0.25, 0.3) is 0 Å². The molecule has 0 fully saturated rings. The number of benzene rings is 1. The summed E-state index contributed by atoms with van der Waals surface area (Å²) in [6.45, 7) is 0. The Hall–Kier alpha value is -1.58. The van der Waals surface area contributed by atoms with Crippen LogP contribution in [-0.2, 0) is 17.6 Å². The normalized spacial score (nSPS) is 24.6. The van der Waals surface area contributed by atoms with Crippen LogP contribution in [0.5, 0.6) is 5.75 Å². The molecule has 0 aromatic heterocycles. The van der Waals surface area contributed by atoms with Gasteiger partial charge in [-0.15, -0.1) is 0 Å². The molecule has 0 aliphatic heterocycles. The van der Waals surface area contributed by atoms with Crippen molar-refractivity contribution in [3.05, 3.63) is 29.3 Å². The Morgan fingerprint density at radius 2 is 2.20 bits per heavy atom. The summed E-state index contributed by atoms with van der Waals surface area (Å²) in [5, 5.41) is 18.3. The lowest BCUT2D eigenvalue weighted by Gasteiger charge is -2.27. The Balaban J connectivity index is 2.42. The number of hydrogen-bond acceptors (Lipinski definition) is 2. The second kappa shape index (κ2) is 3.22. The molecule has 2 N–H and O–H groups in total. The van der Waals surface area contributed by atoms with E-state index in [1.807, 2.05) is 0 Å². The highest BCUT2D eigenvalue weighted by Gasteiger charge is 2.42. The maximum atomic E-state index is 13.8. The number of hydrogen-bond donors (Lipinski definition) is 2. The summed E-state index contributed by atoms with van der Waals surface area (Å²) >= 11 is 0. The predicted octanol–water partition coefficient (Wildman–Crippen LogP) is 1.67. The summed E-state index contributed by atoms with van der Waals surface area (Å²) in [5.41, 5.74) is -0.968. The molecule has 1 unspecified atom stereocenters. The van der Waals surface area contributed by atoms with E-state index in [4.69, 9.17) is 5.11 Å². The van der Waals surface area contributed by atoms with Crippen molar-refractivity contribution in [1.82, 2.24) is 0 Å². The van der Waals surface area contributed by atoms with Crippen molar-refractivity contribution in [2.24, 2.45) is 0 Å². The fourth-order valence-electron chi connectivity index (χ4n) is 1.94. The summed E-state index contributed by atoms with van der Waals surface area (Å²) in [5.74, 6) is -1.47. The lowest BCUT2D eigenvalue weighted by atomic mass is 9.81. The number of rotatable bonds is 1. The van der Waals surface area contributed by atoms with Gasteiger partial charge in [-0.2, -0.15) is 0 Å². The van der Waals surface area contributed by atoms with Crippen molar-refractivity contribution < 1.29 is 19.4 Å². The largest absolute Gasteiger partial charge is 0.508 e. The number of carboxylic acids is 1. The highest BCUT2D eigenvalue weighted by molar-refractivity contribution is 5.78. The third-order valence-electron chi connectivity index (χ3n) is 2.88. The standard InChI is InChI=1S/C11H11FO3/c12-11(10(14)15)5-4-7-2-1-3-9(13)8(7)6-11/h1-3,13H,4-6H2,(H,14,15). The number of aromatic hydroxyl groups is 1. The minimum Gasteiger partial charge on any atom is -0.508 e. The van der Waals surface area contributed by atoms with Crippen LogP contribution < -0.4 is 0 Å². The first-order chi connectivity index (χ1) is 7.03. The van der Waals surface area contributed by atoms with Gasteiger partial charge in [-0.3, -0.25) is 0 Å². The first-order valence-electron chi connectivity index (χ1n) is 4.75. The molecule has 1 aromatic rings. The van der Waals surface area contributed by atoms with Gasteiger partial charge in [-0.05, 0) is 24.5 Å². The predicted molar refractivity (Wildman–Crippen MR) is 51.6 cm³/mol. The van der Waals surface area contributed by atoms with E-state index < -0.39 is 11.6 Å². The topological polar surface area (TPSA) is 57.5 Å². The molecule has 0 bridgehead atoms. The summed E-state index contributed by atoms with van der Waals surface area (Å²) in [7, 11) is 0. The molecule has 0 saturated heterocycles. The van der Waals surface area contributed by atoms with Crippen LogP contribution in [-0.4, -0.2) is 21.9 Å². The molecule has 4 heteroatoms. The minimum absolute atomic E-state index is 0.0181. The van der Waals surface area contributed by atoms with E-state index in [0.29, 0.717) is 12.0 Å². The minimum atomic E-state index is -2.23. The average molecular weight is 210 g/mol. The quantitative estimate of drug-likeness (QED) is 0.741. The molecular formula is C11H11FO3. The van der Waals surface area contributed by atoms with Gasteiger partial charge in [-0.1, -0.05) is 12.1 Å². The van der Waals surface area contributed by atoms with Crippen LogP contribution in [0.3, 0.4) is 0 Å². The number of aliphatic carboxylic acids is 1. The maximum absolute atomic E-state index is 13.8.